The van der Waals surface area contributed by atoms with Gasteiger partial charge in [0, 0.05) is 30.3 Å². The maximum atomic E-state index is 12.3. The first-order valence-corrected chi connectivity index (χ1v) is 7.81. The van der Waals surface area contributed by atoms with E-state index < -0.39 is 6.10 Å². The van der Waals surface area contributed by atoms with E-state index in [4.69, 9.17) is 0 Å². The Balaban J connectivity index is 2.14. The lowest BCUT2D eigenvalue weighted by Gasteiger charge is -2.18. The van der Waals surface area contributed by atoms with Crippen LogP contribution in [-0.4, -0.2) is 30.0 Å². The van der Waals surface area contributed by atoms with Gasteiger partial charge in [-0.15, -0.1) is 11.8 Å². The Morgan fingerprint density at radius 1 is 1.14 bits per heavy atom. The number of aliphatic hydroxyl groups is 1. The van der Waals surface area contributed by atoms with Crippen LogP contribution >= 0.6 is 11.8 Å². The first-order chi connectivity index (χ1) is 10.1. The van der Waals surface area contributed by atoms with E-state index in [0.717, 1.165) is 21.6 Å². The Kier molecular flexibility index (Phi) is 3.74. The van der Waals surface area contributed by atoms with Crippen LogP contribution in [0.25, 0.3) is 0 Å². The SMILES string of the molecule is CN(C)C(=O)c1cccc2c1CSc1ccccc1C2O. The predicted molar refractivity (Wildman–Crippen MR) is 84.5 cm³/mol. The number of nitrogens with zero attached hydrogens (tertiary/aromatic N) is 1. The molecule has 0 saturated heterocycles. The van der Waals surface area contributed by atoms with E-state index in [-0.39, 0.29) is 5.91 Å². The van der Waals surface area contributed by atoms with Crippen molar-refractivity contribution in [2.45, 2.75) is 16.8 Å². The predicted octanol–water partition coefficient (Wildman–Crippen LogP) is 3.08. The fourth-order valence-corrected chi connectivity index (χ4v) is 3.76. The maximum Gasteiger partial charge on any atom is 0.253 e. The third-order valence-electron chi connectivity index (χ3n) is 3.73. The Hall–Kier alpha value is -1.78. The largest absolute Gasteiger partial charge is 0.384 e. The molecule has 0 bridgehead atoms. The van der Waals surface area contributed by atoms with E-state index in [1.165, 1.54) is 0 Å². The standard InChI is InChI=1S/C17H17NO2S/c1-18(2)17(20)12-8-5-7-11-14(12)10-21-15-9-4-3-6-13(15)16(11)19/h3-9,16,19H,10H2,1-2H3. The molecule has 4 heteroatoms. The van der Waals surface area contributed by atoms with Crippen LogP contribution in [0, 0.1) is 0 Å². The lowest BCUT2D eigenvalue weighted by molar-refractivity contribution is 0.0826. The van der Waals surface area contributed by atoms with E-state index in [9.17, 15) is 9.90 Å². The molecule has 21 heavy (non-hydrogen) atoms. The number of amides is 1. The molecule has 1 aliphatic heterocycles. The van der Waals surface area contributed by atoms with Crippen molar-refractivity contribution < 1.29 is 9.90 Å². The monoisotopic (exact) mass is 299 g/mol. The number of carbonyl (C=O) groups is 1. The van der Waals surface area contributed by atoms with Crippen LogP contribution in [0.3, 0.4) is 0 Å². The van der Waals surface area contributed by atoms with Crippen molar-refractivity contribution in [3.8, 4) is 0 Å². The quantitative estimate of drug-likeness (QED) is 0.880. The van der Waals surface area contributed by atoms with Gasteiger partial charge in [-0.25, -0.2) is 0 Å². The molecule has 1 atom stereocenters. The Morgan fingerprint density at radius 3 is 2.62 bits per heavy atom. The molecule has 1 N–H and O–H groups in total. The number of benzene rings is 2. The molecule has 3 rings (SSSR count). The molecule has 1 amide bonds. The van der Waals surface area contributed by atoms with Crippen LogP contribution in [0.1, 0.15) is 33.2 Å². The zero-order valence-electron chi connectivity index (χ0n) is 12.0. The van der Waals surface area contributed by atoms with Gasteiger partial charge in [-0.1, -0.05) is 30.3 Å². The molecular formula is C17H17NO2S. The molecule has 108 valence electrons. The van der Waals surface area contributed by atoms with Gasteiger partial charge in [0.25, 0.3) is 5.91 Å². The van der Waals surface area contributed by atoms with Gasteiger partial charge in [0.1, 0.15) is 6.10 Å². The topological polar surface area (TPSA) is 40.5 Å². The minimum atomic E-state index is -0.680. The third kappa shape index (κ3) is 2.45. The molecule has 0 aromatic heterocycles. The summed E-state index contributed by atoms with van der Waals surface area (Å²) in [5.41, 5.74) is 3.36. The van der Waals surface area contributed by atoms with Crippen molar-refractivity contribution in [3.63, 3.8) is 0 Å². The van der Waals surface area contributed by atoms with Gasteiger partial charge in [-0.2, -0.15) is 0 Å². The molecule has 3 nitrogen and oxygen atoms in total. The van der Waals surface area contributed by atoms with Crippen molar-refractivity contribution >= 4 is 17.7 Å². The van der Waals surface area contributed by atoms with Gasteiger partial charge >= 0.3 is 0 Å². The first-order valence-electron chi connectivity index (χ1n) is 6.83. The summed E-state index contributed by atoms with van der Waals surface area (Å²) in [7, 11) is 3.49. The second kappa shape index (κ2) is 5.54. The molecule has 1 unspecified atom stereocenters. The first kappa shape index (κ1) is 14.2. The van der Waals surface area contributed by atoms with E-state index in [1.807, 2.05) is 42.5 Å². The van der Waals surface area contributed by atoms with Crippen LogP contribution in [0.2, 0.25) is 0 Å². The lowest BCUT2D eigenvalue weighted by atomic mass is 9.94. The molecular weight excluding hydrogens is 282 g/mol. The van der Waals surface area contributed by atoms with Crippen molar-refractivity contribution in [2.75, 3.05) is 14.1 Å². The summed E-state index contributed by atoms with van der Waals surface area (Å²) >= 11 is 1.67. The van der Waals surface area contributed by atoms with Crippen LogP contribution in [-0.2, 0) is 5.75 Å². The fourth-order valence-electron chi connectivity index (χ4n) is 2.62. The van der Waals surface area contributed by atoms with Crippen molar-refractivity contribution in [3.05, 3.63) is 64.7 Å². The molecule has 0 spiro atoms. The summed E-state index contributed by atoms with van der Waals surface area (Å²) in [6.45, 7) is 0. The number of aliphatic hydroxyl groups excluding tert-OH is 1. The summed E-state index contributed by atoms with van der Waals surface area (Å²) in [6.07, 6.45) is -0.680. The zero-order valence-corrected chi connectivity index (χ0v) is 12.9. The molecule has 0 radical (unpaired) electrons. The summed E-state index contributed by atoms with van der Waals surface area (Å²) in [6, 6.07) is 13.5. The summed E-state index contributed by atoms with van der Waals surface area (Å²) < 4.78 is 0. The number of thioether (sulfide) groups is 1. The third-order valence-corrected chi connectivity index (χ3v) is 4.84. The molecule has 0 fully saturated rings. The molecule has 0 saturated carbocycles. The second-order valence-electron chi connectivity index (χ2n) is 5.30. The molecule has 2 aromatic rings. The molecule has 1 heterocycles. The molecule has 0 aliphatic carbocycles. The summed E-state index contributed by atoms with van der Waals surface area (Å²) in [4.78, 5) is 15.0. The number of fused-ring (bicyclic) bond motifs is 2. The summed E-state index contributed by atoms with van der Waals surface area (Å²) in [5.74, 6) is 0.671. The van der Waals surface area contributed by atoms with E-state index in [2.05, 4.69) is 0 Å². The highest BCUT2D eigenvalue weighted by Crippen LogP contribution is 2.40. The minimum absolute atomic E-state index is 0.0226. The van der Waals surface area contributed by atoms with Gasteiger partial charge in [-0.3, -0.25) is 4.79 Å². The normalized spacial score (nSPS) is 16.6. The molecule has 1 aliphatic rings. The Labute approximate surface area is 128 Å². The van der Waals surface area contributed by atoms with Crippen molar-refractivity contribution in [1.29, 1.82) is 0 Å². The second-order valence-corrected chi connectivity index (χ2v) is 6.32. The van der Waals surface area contributed by atoms with Crippen LogP contribution in [0.4, 0.5) is 0 Å². The van der Waals surface area contributed by atoms with Crippen molar-refractivity contribution in [1.82, 2.24) is 4.90 Å². The van der Waals surface area contributed by atoms with Crippen LogP contribution in [0.15, 0.2) is 47.4 Å². The van der Waals surface area contributed by atoms with Gasteiger partial charge in [0.05, 0.1) is 0 Å². The number of carbonyl (C=O) groups excluding carboxylic acids is 1. The van der Waals surface area contributed by atoms with Crippen molar-refractivity contribution in [2.24, 2.45) is 0 Å². The lowest BCUT2D eigenvalue weighted by Crippen LogP contribution is -2.23. The average Bonchev–Trinajstić information content (AvgIpc) is 2.64. The van der Waals surface area contributed by atoms with Gasteiger partial charge in [-0.05, 0) is 28.8 Å². The minimum Gasteiger partial charge on any atom is -0.384 e. The summed E-state index contributed by atoms with van der Waals surface area (Å²) in [5, 5.41) is 10.7. The molecule has 2 aromatic carbocycles. The zero-order chi connectivity index (χ0) is 15.0. The van der Waals surface area contributed by atoms with Crippen LogP contribution in [0.5, 0.6) is 0 Å². The maximum absolute atomic E-state index is 12.3. The van der Waals surface area contributed by atoms with E-state index >= 15 is 0 Å². The smallest absolute Gasteiger partial charge is 0.253 e. The Morgan fingerprint density at radius 2 is 1.86 bits per heavy atom. The van der Waals surface area contributed by atoms with Gasteiger partial charge in [0.2, 0.25) is 0 Å². The van der Waals surface area contributed by atoms with Gasteiger partial charge in [0.15, 0.2) is 0 Å². The van der Waals surface area contributed by atoms with Crippen LogP contribution < -0.4 is 0 Å². The number of hydrogen-bond acceptors (Lipinski definition) is 3. The highest BCUT2D eigenvalue weighted by atomic mass is 32.2. The number of hydrogen-bond donors (Lipinski definition) is 1. The fraction of sp³-hybridized carbons (Fsp3) is 0.235. The van der Waals surface area contributed by atoms with E-state index in [0.29, 0.717) is 11.3 Å². The van der Waals surface area contributed by atoms with E-state index in [1.54, 1.807) is 30.8 Å². The van der Waals surface area contributed by atoms with Gasteiger partial charge < -0.3 is 10.0 Å². The highest BCUT2D eigenvalue weighted by Gasteiger charge is 2.25. The Bertz CT molecular complexity index is 697. The highest BCUT2D eigenvalue weighted by molar-refractivity contribution is 7.98. The average molecular weight is 299 g/mol. The number of rotatable bonds is 1.